The lowest BCUT2D eigenvalue weighted by Gasteiger charge is -2.44. The van der Waals surface area contributed by atoms with E-state index in [1.54, 1.807) is 18.9 Å². The number of hydrogen-bond donors (Lipinski definition) is 0. The van der Waals surface area contributed by atoms with Gasteiger partial charge in [-0.3, -0.25) is 9.59 Å². The van der Waals surface area contributed by atoms with E-state index in [0.29, 0.717) is 25.3 Å². The number of thioether (sulfide) groups is 1. The van der Waals surface area contributed by atoms with E-state index in [4.69, 9.17) is 4.74 Å². The second-order valence-electron chi connectivity index (χ2n) is 5.01. The molecule has 0 aromatic rings. The smallest absolute Gasteiger partial charge is 0.233 e. The molecule has 2 heterocycles. The van der Waals surface area contributed by atoms with Crippen LogP contribution in [0.25, 0.3) is 0 Å². The summed E-state index contributed by atoms with van der Waals surface area (Å²) in [4.78, 5) is 27.5. The fourth-order valence-electron chi connectivity index (χ4n) is 2.83. The van der Waals surface area contributed by atoms with E-state index in [1.165, 1.54) is 0 Å². The normalized spacial score (nSPS) is 22.3. The van der Waals surface area contributed by atoms with Gasteiger partial charge in [0.2, 0.25) is 11.8 Å². The Bertz CT molecular complexity index is 354. The Morgan fingerprint density at radius 3 is 2.68 bits per heavy atom. The molecule has 2 aliphatic heterocycles. The van der Waals surface area contributed by atoms with Crippen LogP contribution in [0.15, 0.2) is 0 Å². The van der Waals surface area contributed by atoms with Crippen molar-refractivity contribution in [3.8, 4) is 0 Å². The summed E-state index contributed by atoms with van der Waals surface area (Å²) < 4.78 is 5.10. The maximum atomic E-state index is 12.0. The predicted octanol–water partition coefficient (Wildman–Crippen LogP) is 0.937. The van der Waals surface area contributed by atoms with Crippen LogP contribution in [0.4, 0.5) is 0 Å². The lowest BCUT2D eigenvalue weighted by molar-refractivity contribution is -0.135. The average molecular weight is 286 g/mol. The van der Waals surface area contributed by atoms with Crippen molar-refractivity contribution in [1.82, 2.24) is 9.80 Å². The maximum Gasteiger partial charge on any atom is 0.233 e. The number of carbonyl (C=O) groups excluding carboxylic acids is 2. The Morgan fingerprint density at radius 2 is 2.11 bits per heavy atom. The van der Waals surface area contributed by atoms with E-state index in [-0.39, 0.29) is 16.7 Å². The van der Waals surface area contributed by atoms with Gasteiger partial charge in [0.05, 0.1) is 17.2 Å². The van der Waals surface area contributed by atoms with Crippen molar-refractivity contribution in [3.63, 3.8) is 0 Å². The molecule has 0 aromatic heterocycles. The van der Waals surface area contributed by atoms with Crippen molar-refractivity contribution in [2.75, 3.05) is 39.1 Å². The van der Waals surface area contributed by atoms with Crippen LogP contribution in [0, 0.1) is 0 Å². The van der Waals surface area contributed by atoms with Crippen LogP contribution >= 0.6 is 11.8 Å². The molecule has 0 bridgehead atoms. The van der Waals surface area contributed by atoms with Gasteiger partial charge in [0.15, 0.2) is 0 Å². The van der Waals surface area contributed by atoms with E-state index >= 15 is 0 Å². The molecule has 0 aromatic carbocycles. The summed E-state index contributed by atoms with van der Waals surface area (Å²) >= 11 is 1.74. The molecule has 5 nitrogen and oxygen atoms in total. The van der Waals surface area contributed by atoms with Crippen molar-refractivity contribution in [3.05, 3.63) is 0 Å². The summed E-state index contributed by atoms with van der Waals surface area (Å²) in [5, 5.41) is 0. The van der Waals surface area contributed by atoms with Crippen LogP contribution in [0.3, 0.4) is 0 Å². The van der Waals surface area contributed by atoms with Crippen molar-refractivity contribution in [1.29, 1.82) is 0 Å². The molecule has 0 saturated carbocycles. The molecule has 19 heavy (non-hydrogen) atoms. The fourth-order valence-corrected chi connectivity index (χ4v) is 4.20. The van der Waals surface area contributed by atoms with E-state index in [0.717, 1.165) is 25.9 Å². The van der Waals surface area contributed by atoms with E-state index in [2.05, 4.69) is 0 Å². The van der Waals surface area contributed by atoms with E-state index in [9.17, 15) is 9.59 Å². The summed E-state index contributed by atoms with van der Waals surface area (Å²) in [7, 11) is 1.66. The largest absolute Gasteiger partial charge is 0.383 e. The third kappa shape index (κ3) is 2.89. The molecule has 0 atom stereocenters. The highest BCUT2D eigenvalue weighted by molar-refractivity contribution is 8.01. The SMILES string of the molecule is CCC(=O)N1CCC2(CC1)SCC(=O)N2CCOC. The first-order chi connectivity index (χ1) is 9.13. The molecule has 2 fully saturated rings. The Hall–Kier alpha value is -0.750. The lowest BCUT2D eigenvalue weighted by atomic mass is 10.0. The van der Waals surface area contributed by atoms with Crippen molar-refractivity contribution in [2.45, 2.75) is 31.1 Å². The highest BCUT2D eigenvalue weighted by Crippen LogP contribution is 2.44. The van der Waals surface area contributed by atoms with Crippen molar-refractivity contribution in [2.24, 2.45) is 0 Å². The Balaban J connectivity index is 2.00. The van der Waals surface area contributed by atoms with Gasteiger partial charge in [0.1, 0.15) is 0 Å². The topological polar surface area (TPSA) is 49.9 Å². The van der Waals surface area contributed by atoms with Gasteiger partial charge >= 0.3 is 0 Å². The third-order valence-electron chi connectivity index (χ3n) is 3.98. The Morgan fingerprint density at radius 1 is 1.42 bits per heavy atom. The summed E-state index contributed by atoms with van der Waals surface area (Å²) in [6.07, 6.45) is 2.31. The van der Waals surface area contributed by atoms with Crippen LogP contribution in [0.1, 0.15) is 26.2 Å². The van der Waals surface area contributed by atoms with Crippen molar-refractivity contribution < 1.29 is 14.3 Å². The van der Waals surface area contributed by atoms with Crippen LogP contribution in [0.2, 0.25) is 0 Å². The second kappa shape index (κ2) is 6.13. The van der Waals surface area contributed by atoms with Gasteiger partial charge in [-0.1, -0.05) is 6.92 Å². The summed E-state index contributed by atoms with van der Waals surface area (Å²) in [5.41, 5.74) is 0. The third-order valence-corrected chi connectivity index (χ3v) is 5.53. The molecule has 108 valence electrons. The molecule has 2 rings (SSSR count). The van der Waals surface area contributed by atoms with Crippen molar-refractivity contribution >= 4 is 23.6 Å². The van der Waals surface area contributed by atoms with Gasteiger partial charge in [0, 0.05) is 33.2 Å². The summed E-state index contributed by atoms with van der Waals surface area (Å²) in [6, 6.07) is 0. The molecule has 2 amide bonds. The Labute approximate surface area is 118 Å². The lowest BCUT2D eigenvalue weighted by Crippen LogP contribution is -2.53. The zero-order chi connectivity index (χ0) is 13.9. The quantitative estimate of drug-likeness (QED) is 0.772. The first-order valence-electron chi connectivity index (χ1n) is 6.84. The van der Waals surface area contributed by atoms with E-state index in [1.807, 2.05) is 16.7 Å². The minimum absolute atomic E-state index is 0.0971. The molecular weight excluding hydrogens is 264 g/mol. The molecule has 0 unspecified atom stereocenters. The number of hydrogen-bond acceptors (Lipinski definition) is 4. The molecule has 6 heteroatoms. The minimum atomic E-state index is -0.0971. The fraction of sp³-hybridized carbons (Fsp3) is 0.846. The molecular formula is C13H22N2O3S. The van der Waals surface area contributed by atoms with Gasteiger partial charge < -0.3 is 14.5 Å². The van der Waals surface area contributed by atoms with Gasteiger partial charge in [-0.15, -0.1) is 11.8 Å². The standard InChI is InChI=1S/C13H22N2O3S/c1-3-11(16)14-6-4-13(5-7-14)15(8-9-18-2)12(17)10-19-13/h3-10H2,1-2H3. The van der Waals surface area contributed by atoms with Crippen LogP contribution in [-0.2, 0) is 14.3 Å². The predicted molar refractivity (Wildman–Crippen MR) is 74.9 cm³/mol. The first-order valence-corrected chi connectivity index (χ1v) is 7.82. The van der Waals surface area contributed by atoms with Crippen LogP contribution in [-0.4, -0.2) is 65.6 Å². The molecule has 0 radical (unpaired) electrons. The average Bonchev–Trinajstić information content (AvgIpc) is 2.73. The molecule has 2 aliphatic rings. The van der Waals surface area contributed by atoms with Gasteiger partial charge in [-0.25, -0.2) is 0 Å². The minimum Gasteiger partial charge on any atom is -0.383 e. The van der Waals surface area contributed by atoms with Crippen LogP contribution in [0.5, 0.6) is 0 Å². The number of rotatable bonds is 4. The number of methoxy groups -OCH3 is 1. The monoisotopic (exact) mass is 286 g/mol. The summed E-state index contributed by atoms with van der Waals surface area (Å²) in [6.45, 7) is 4.65. The summed E-state index contributed by atoms with van der Waals surface area (Å²) in [5.74, 6) is 0.982. The van der Waals surface area contributed by atoms with Crippen LogP contribution < -0.4 is 0 Å². The number of likely N-dealkylation sites (tertiary alicyclic amines) is 1. The number of ether oxygens (including phenoxy) is 1. The molecule has 2 saturated heterocycles. The zero-order valence-corrected chi connectivity index (χ0v) is 12.5. The highest BCUT2D eigenvalue weighted by atomic mass is 32.2. The first kappa shape index (κ1) is 14.7. The van der Waals surface area contributed by atoms with Gasteiger partial charge in [0.25, 0.3) is 0 Å². The van der Waals surface area contributed by atoms with Gasteiger partial charge in [-0.2, -0.15) is 0 Å². The number of nitrogens with zero attached hydrogens (tertiary/aromatic N) is 2. The molecule has 1 spiro atoms. The van der Waals surface area contributed by atoms with Gasteiger partial charge in [-0.05, 0) is 12.8 Å². The molecule has 0 N–H and O–H groups in total. The Kier molecular flexibility index (Phi) is 4.73. The second-order valence-corrected chi connectivity index (χ2v) is 6.34. The maximum absolute atomic E-state index is 12.0. The molecule has 0 aliphatic carbocycles. The number of amides is 2. The number of piperidine rings is 1. The zero-order valence-electron chi connectivity index (χ0n) is 11.7. The number of carbonyl (C=O) groups is 2. The van der Waals surface area contributed by atoms with E-state index < -0.39 is 0 Å². The highest BCUT2D eigenvalue weighted by Gasteiger charge is 2.47.